The third kappa shape index (κ3) is 3.74. The Hall–Kier alpha value is -2.64. The van der Waals surface area contributed by atoms with Crippen LogP contribution >= 0.6 is 0 Å². The summed E-state index contributed by atoms with van der Waals surface area (Å²) in [4.78, 5) is 12.8. The van der Waals surface area contributed by atoms with Crippen LogP contribution in [0.4, 0.5) is 4.39 Å². The minimum atomic E-state index is -0.296. The first kappa shape index (κ1) is 17.8. The number of amides is 1. The standard InChI is InChI=1S/C20H22FN3O3/c1-12(14-4-7-17-18(10-14)27-9-8-26-17)23-20(25)16-11-22-24-19(16)13-2-5-15(21)6-3-13/h2-7,10,12,16,19,22,24H,8-9,11H2,1H3,(H,23,25). The van der Waals surface area contributed by atoms with E-state index in [1.54, 1.807) is 12.1 Å². The quantitative estimate of drug-likeness (QED) is 0.769. The van der Waals surface area contributed by atoms with Crippen molar-refractivity contribution >= 4 is 5.91 Å². The van der Waals surface area contributed by atoms with E-state index in [0.717, 1.165) is 16.9 Å². The minimum absolute atomic E-state index is 0.0655. The van der Waals surface area contributed by atoms with Gasteiger partial charge in [-0.05, 0) is 42.3 Å². The van der Waals surface area contributed by atoms with Crippen LogP contribution in [0.2, 0.25) is 0 Å². The highest BCUT2D eigenvalue weighted by Crippen LogP contribution is 2.33. The monoisotopic (exact) mass is 371 g/mol. The molecule has 0 spiro atoms. The van der Waals surface area contributed by atoms with Crippen molar-refractivity contribution in [1.82, 2.24) is 16.2 Å². The Morgan fingerprint density at radius 3 is 2.67 bits per heavy atom. The van der Waals surface area contributed by atoms with E-state index in [-0.39, 0.29) is 29.7 Å². The first-order valence-electron chi connectivity index (χ1n) is 9.05. The summed E-state index contributed by atoms with van der Waals surface area (Å²) >= 11 is 0. The number of nitrogens with one attached hydrogen (secondary N) is 3. The van der Waals surface area contributed by atoms with Crippen LogP contribution in [0, 0.1) is 11.7 Å². The van der Waals surface area contributed by atoms with Crippen LogP contribution in [0.1, 0.15) is 30.1 Å². The zero-order valence-electron chi connectivity index (χ0n) is 15.0. The molecule has 3 N–H and O–H groups in total. The van der Waals surface area contributed by atoms with Crippen LogP contribution < -0.4 is 25.6 Å². The molecule has 7 heteroatoms. The summed E-state index contributed by atoms with van der Waals surface area (Å²) < 4.78 is 24.3. The van der Waals surface area contributed by atoms with Gasteiger partial charge in [0.1, 0.15) is 19.0 Å². The molecule has 142 valence electrons. The largest absolute Gasteiger partial charge is 0.486 e. The van der Waals surface area contributed by atoms with E-state index < -0.39 is 0 Å². The number of rotatable bonds is 4. The number of carbonyl (C=O) groups excluding carboxylic acids is 1. The minimum Gasteiger partial charge on any atom is -0.486 e. The van der Waals surface area contributed by atoms with Crippen molar-refractivity contribution in [2.45, 2.75) is 19.0 Å². The maximum absolute atomic E-state index is 13.2. The molecule has 1 fully saturated rings. The normalized spacial score (nSPS) is 22.3. The van der Waals surface area contributed by atoms with E-state index in [0.29, 0.717) is 25.5 Å². The molecule has 0 aromatic heterocycles. The van der Waals surface area contributed by atoms with Gasteiger partial charge in [-0.25, -0.2) is 9.82 Å². The zero-order chi connectivity index (χ0) is 18.8. The molecule has 1 saturated heterocycles. The number of hydrogen-bond acceptors (Lipinski definition) is 5. The van der Waals surface area contributed by atoms with Gasteiger partial charge in [0.25, 0.3) is 0 Å². The second-order valence-corrected chi connectivity index (χ2v) is 6.79. The van der Waals surface area contributed by atoms with Crippen LogP contribution in [-0.2, 0) is 4.79 Å². The second kappa shape index (κ2) is 7.54. The van der Waals surface area contributed by atoms with E-state index in [1.165, 1.54) is 12.1 Å². The topological polar surface area (TPSA) is 71.6 Å². The van der Waals surface area contributed by atoms with E-state index >= 15 is 0 Å². The number of fused-ring (bicyclic) bond motifs is 1. The molecule has 2 aliphatic rings. The van der Waals surface area contributed by atoms with Gasteiger partial charge in [-0.2, -0.15) is 0 Å². The number of halogens is 1. The van der Waals surface area contributed by atoms with E-state index in [9.17, 15) is 9.18 Å². The Morgan fingerprint density at radius 2 is 1.89 bits per heavy atom. The Kier molecular flexibility index (Phi) is 4.96. The maximum atomic E-state index is 13.2. The zero-order valence-corrected chi connectivity index (χ0v) is 15.0. The molecule has 2 heterocycles. The molecule has 2 aliphatic heterocycles. The summed E-state index contributed by atoms with van der Waals surface area (Å²) in [5.74, 6) is 0.773. The van der Waals surface area contributed by atoms with E-state index in [2.05, 4.69) is 16.2 Å². The van der Waals surface area contributed by atoms with Gasteiger partial charge < -0.3 is 14.8 Å². The van der Waals surface area contributed by atoms with Crippen LogP contribution in [-0.4, -0.2) is 25.7 Å². The van der Waals surface area contributed by atoms with Gasteiger partial charge in [0.2, 0.25) is 5.91 Å². The third-order valence-electron chi connectivity index (χ3n) is 4.97. The fourth-order valence-electron chi connectivity index (χ4n) is 3.46. The van der Waals surface area contributed by atoms with Crippen molar-refractivity contribution in [2.75, 3.05) is 19.8 Å². The van der Waals surface area contributed by atoms with Gasteiger partial charge in [-0.15, -0.1) is 0 Å². The predicted molar refractivity (Wildman–Crippen MR) is 97.8 cm³/mol. The first-order chi connectivity index (χ1) is 13.1. The smallest absolute Gasteiger partial charge is 0.226 e. The summed E-state index contributed by atoms with van der Waals surface area (Å²) in [6.07, 6.45) is 0. The summed E-state index contributed by atoms with van der Waals surface area (Å²) in [6, 6.07) is 11.5. The molecular formula is C20H22FN3O3. The summed E-state index contributed by atoms with van der Waals surface area (Å²) in [5, 5.41) is 3.07. The molecule has 3 atom stereocenters. The van der Waals surface area contributed by atoms with E-state index in [1.807, 2.05) is 25.1 Å². The van der Waals surface area contributed by atoms with Crippen molar-refractivity contribution in [2.24, 2.45) is 5.92 Å². The molecule has 1 amide bonds. The fraction of sp³-hybridized carbons (Fsp3) is 0.350. The van der Waals surface area contributed by atoms with E-state index in [4.69, 9.17) is 9.47 Å². The lowest BCUT2D eigenvalue weighted by Crippen LogP contribution is -2.36. The van der Waals surface area contributed by atoms with Gasteiger partial charge in [0, 0.05) is 6.54 Å². The van der Waals surface area contributed by atoms with Gasteiger partial charge >= 0.3 is 0 Å². The Bertz CT molecular complexity index is 828. The molecule has 0 aliphatic carbocycles. The fourth-order valence-corrected chi connectivity index (χ4v) is 3.46. The lowest BCUT2D eigenvalue weighted by Gasteiger charge is -2.23. The Labute approximate surface area is 157 Å². The van der Waals surface area contributed by atoms with Crippen molar-refractivity contribution in [3.8, 4) is 11.5 Å². The van der Waals surface area contributed by atoms with Crippen LogP contribution in [0.5, 0.6) is 11.5 Å². The molecule has 27 heavy (non-hydrogen) atoms. The molecular weight excluding hydrogens is 349 g/mol. The number of ether oxygens (including phenoxy) is 2. The van der Waals surface area contributed by atoms with Crippen molar-refractivity contribution in [3.63, 3.8) is 0 Å². The summed E-state index contributed by atoms with van der Waals surface area (Å²) in [6.45, 7) is 3.51. The van der Waals surface area contributed by atoms with Crippen molar-refractivity contribution in [1.29, 1.82) is 0 Å². The highest BCUT2D eigenvalue weighted by atomic mass is 19.1. The first-order valence-corrected chi connectivity index (χ1v) is 9.05. The molecule has 3 unspecified atom stereocenters. The lowest BCUT2D eigenvalue weighted by atomic mass is 9.93. The average molecular weight is 371 g/mol. The highest BCUT2D eigenvalue weighted by molar-refractivity contribution is 5.80. The number of benzene rings is 2. The van der Waals surface area contributed by atoms with Gasteiger partial charge in [0.05, 0.1) is 18.0 Å². The molecule has 2 aromatic rings. The van der Waals surface area contributed by atoms with Crippen molar-refractivity contribution < 1.29 is 18.7 Å². The molecule has 6 nitrogen and oxygen atoms in total. The van der Waals surface area contributed by atoms with Gasteiger partial charge in [0.15, 0.2) is 11.5 Å². The second-order valence-electron chi connectivity index (χ2n) is 6.79. The van der Waals surface area contributed by atoms with Gasteiger partial charge in [-0.3, -0.25) is 10.2 Å². The number of hydrogen-bond donors (Lipinski definition) is 3. The van der Waals surface area contributed by atoms with Crippen LogP contribution in [0.15, 0.2) is 42.5 Å². The number of hydrazine groups is 1. The van der Waals surface area contributed by atoms with Crippen LogP contribution in [0.25, 0.3) is 0 Å². The summed E-state index contributed by atoms with van der Waals surface area (Å²) in [7, 11) is 0. The molecule has 0 bridgehead atoms. The lowest BCUT2D eigenvalue weighted by molar-refractivity contribution is -0.125. The molecule has 0 radical (unpaired) electrons. The average Bonchev–Trinajstić information content (AvgIpc) is 3.18. The maximum Gasteiger partial charge on any atom is 0.226 e. The molecule has 4 rings (SSSR count). The highest BCUT2D eigenvalue weighted by Gasteiger charge is 2.34. The van der Waals surface area contributed by atoms with Gasteiger partial charge in [-0.1, -0.05) is 18.2 Å². The predicted octanol–water partition coefficient (Wildman–Crippen LogP) is 2.24. The number of carbonyl (C=O) groups is 1. The molecule has 2 aromatic carbocycles. The Balaban J connectivity index is 1.45. The SMILES string of the molecule is CC(NC(=O)C1CNNC1c1ccc(F)cc1)c1ccc2c(c1)OCCO2. The third-order valence-corrected chi connectivity index (χ3v) is 4.97. The Morgan fingerprint density at radius 1 is 1.15 bits per heavy atom. The van der Waals surface area contributed by atoms with Crippen molar-refractivity contribution in [3.05, 3.63) is 59.4 Å². The summed E-state index contributed by atoms with van der Waals surface area (Å²) in [5.41, 5.74) is 7.95. The van der Waals surface area contributed by atoms with Crippen LogP contribution in [0.3, 0.4) is 0 Å². The molecule has 0 saturated carbocycles.